The lowest BCUT2D eigenvalue weighted by molar-refractivity contribution is -0.686. The van der Waals surface area contributed by atoms with Crippen LogP contribution in [0.5, 0.6) is 0 Å². The van der Waals surface area contributed by atoms with E-state index >= 15 is 0 Å². The van der Waals surface area contributed by atoms with Gasteiger partial charge in [0, 0.05) is 0 Å². The van der Waals surface area contributed by atoms with Gasteiger partial charge in [-0.15, -0.1) is 0 Å². The molecule has 0 heterocycles. The zero-order valence-corrected chi connectivity index (χ0v) is 9.29. The maximum Gasteiger partial charge on any atom is 0.540 e. The summed E-state index contributed by atoms with van der Waals surface area (Å²) in [5.41, 5.74) is 0. The highest BCUT2D eigenvalue weighted by atomic mass is 32.7. The van der Waals surface area contributed by atoms with Gasteiger partial charge in [0.15, 0.2) is 0 Å². The minimum atomic E-state index is -4.73. The molecule has 2 N–H and O–H groups in total. The second kappa shape index (κ2) is 8.24. The van der Waals surface area contributed by atoms with E-state index in [2.05, 4.69) is 33.9 Å². The first-order valence-electron chi connectivity index (χ1n) is 2.63. The lowest BCUT2D eigenvalue weighted by Gasteiger charge is -2.00. The lowest BCUT2D eigenvalue weighted by Crippen LogP contribution is -2.13. The molecule has 0 aromatic heterocycles. The van der Waals surface area contributed by atoms with E-state index < -0.39 is 24.0 Å². The minimum Gasteiger partial charge on any atom is -0.578 e. The second-order valence-electron chi connectivity index (χ2n) is 1.39. The van der Waals surface area contributed by atoms with Crippen molar-refractivity contribution in [2.75, 3.05) is 0 Å². The molecular weight excluding hydrogens is 302 g/mol. The van der Waals surface area contributed by atoms with Crippen LogP contribution in [0.15, 0.2) is 0 Å². The molecule has 0 spiro atoms. The topological polar surface area (TPSA) is 185 Å². The molecule has 0 rings (SSSR count). The van der Waals surface area contributed by atoms with E-state index in [1.54, 1.807) is 0 Å². The Bertz CT molecular complexity index is 323. The minimum absolute atomic E-state index is 2.79. The summed E-state index contributed by atoms with van der Waals surface area (Å²) < 4.78 is 28.4. The van der Waals surface area contributed by atoms with E-state index in [-0.39, 0.29) is 0 Å². The third-order valence-corrected chi connectivity index (χ3v) is 7.06. The van der Waals surface area contributed by atoms with Gasteiger partial charge in [0.05, 0.1) is 0 Å². The summed E-state index contributed by atoms with van der Waals surface area (Å²) in [6.45, 7) is -3.68. The summed E-state index contributed by atoms with van der Waals surface area (Å²) in [4.78, 5) is 21.1. The van der Waals surface area contributed by atoms with E-state index in [1.807, 2.05) is 0 Å². The third kappa shape index (κ3) is 5.44. The smallest absolute Gasteiger partial charge is 0.540 e. The Morgan fingerprint density at radius 2 is 1.50 bits per heavy atom. The fraction of sp³-hybridized carbons (Fsp3) is 0. The van der Waals surface area contributed by atoms with Crippen molar-refractivity contribution >= 4 is 24.0 Å². The standard InChI is InChI=1S/H2O13P2S/c1-7-9-11-13-16(6,12-10-8-2)15(5)14(3)4/h1-2H. The van der Waals surface area contributed by atoms with Crippen LogP contribution >= 0.6 is 14.3 Å². The molecule has 0 saturated heterocycles. The van der Waals surface area contributed by atoms with Gasteiger partial charge in [-0.25, -0.2) is 10.5 Å². The van der Waals surface area contributed by atoms with Gasteiger partial charge in [-0.1, -0.05) is 0 Å². The summed E-state index contributed by atoms with van der Waals surface area (Å²) in [6.07, 6.45) is 0. The van der Waals surface area contributed by atoms with Gasteiger partial charge in [-0.05, 0) is 38.4 Å². The highest BCUT2D eigenvalue weighted by Crippen LogP contribution is 2.44. The van der Waals surface area contributed by atoms with Crippen LogP contribution in [0.3, 0.4) is 0 Å². The van der Waals surface area contributed by atoms with Crippen LogP contribution in [0.1, 0.15) is 0 Å². The Hall–Kier alpha value is 0.110. The van der Waals surface area contributed by atoms with Gasteiger partial charge in [-0.2, -0.15) is 4.21 Å². The molecule has 0 aliphatic heterocycles. The molecule has 0 radical (unpaired) electrons. The molecule has 0 bridgehead atoms. The van der Waals surface area contributed by atoms with Crippen LogP contribution in [0.4, 0.5) is 0 Å². The monoisotopic (exact) mass is 304 g/mol. The first kappa shape index (κ1) is 16.1. The summed E-state index contributed by atoms with van der Waals surface area (Å²) in [6, 6.07) is 0. The molecule has 16 heteroatoms. The van der Waals surface area contributed by atoms with Gasteiger partial charge < -0.3 is 9.79 Å². The van der Waals surface area contributed by atoms with Crippen molar-refractivity contribution < 1.29 is 62.9 Å². The maximum atomic E-state index is 11.2. The molecule has 0 amide bonds. The average Bonchev–Trinajstić information content (AvgIpc) is 2.25. The molecule has 3 atom stereocenters. The first-order valence-corrected chi connectivity index (χ1v) is 7.78. The highest BCUT2D eigenvalue weighted by Gasteiger charge is 2.37. The SMILES string of the molecule is O=[P+]([O-])[P+]([O-])=S(=O)(OOOO)OOOOO. The molecule has 0 saturated carbocycles. The van der Waals surface area contributed by atoms with Crippen molar-refractivity contribution in [1.82, 2.24) is 0 Å². The normalized spacial score (nSPS) is 16.8. The van der Waals surface area contributed by atoms with Crippen molar-refractivity contribution in [1.29, 1.82) is 0 Å². The maximum absolute atomic E-state index is 11.2. The van der Waals surface area contributed by atoms with E-state index in [0.29, 0.717) is 0 Å². The highest BCUT2D eigenvalue weighted by molar-refractivity contribution is 8.45. The molecular formula is H2O13P2S. The predicted octanol–water partition coefficient (Wildman–Crippen LogP) is -1.57. The first-order chi connectivity index (χ1) is 7.48. The van der Waals surface area contributed by atoms with E-state index in [9.17, 15) is 18.6 Å². The van der Waals surface area contributed by atoms with E-state index in [4.69, 9.17) is 10.5 Å². The Morgan fingerprint density at radius 1 is 1.00 bits per heavy atom. The van der Waals surface area contributed by atoms with Crippen LogP contribution in [-0.4, -0.2) is 14.7 Å². The van der Waals surface area contributed by atoms with Gasteiger partial charge in [0.25, 0.3) is 0 Å². The Kier molecular flexibility index (Phi) is 8.29. The zero-order chi connectivity index (χ0) is 12.6. The molecule has 0 aromatic carbocycles. The number of hydrogen-bond donors (Lipinski definition) is 2. The summed E-state index contributed by atoms with van der Waals surface area (Å²) in [5, 5.41) is 30.3. The zero-order valence-electron chi connectivity index (χ0n) is 6.69. The van der Waals surface area contributed by atoms with E-state index in [0.717, 1.165) is 0 Å². The predicted molar refractivity (Wildman–Crippen MR) is 35.5 cm³/mol. The molecule has 96 valence electrons. The largest absolute Gasteiger partial charge is 0.578 e. The molecule has 0 aliphatic rings. The van der Waals surface area contributed by atoms with Crippen LogP contribution in [-0.2, 0) is 48.1 Å². The Morgan fingerprint density at radius 3 is 1.94 bits per heavy atom. The summed E-state index contributed by atoms with van der Waals surface area (Å²) in [7, 11) is -8.49. The molecule has 0 fully saturated rings. The Labute approximate surface area is 87.8 Å². The molecule has 16 heavy (non-hydrogen) atoms. The fourth-order valence-electron chi connectivity index (χ4n) is 0.251. The van der Waals surface area contributed by atoms with Crippen LogP contribution in [0, 0.1) is 0 Å². The van der Waals surface area contributed by atoms with Crippen molar-refractivity contribution in [2.24, 2.45) is 0 Å². The number of rotatable bonds is 8. The lowest BCUT2D eigenvalue weighted by atomic mass is 14.3. The fourth-order valence-corrected chi connectivity index (χ4v) is 3.64. The quantitative estimate of drug-likeness (QED) is 0.227. The number of hydrogen-bond acceptors (Lipinski definition) is 13. The van der Waals surface area contributed by atoms with Crippen molar-refractivity contribution in [3.05, 3.63) is 0 Å². The molecule has 0 aliphatic carbocycles. The average molecular weight is 304 g/mol. The summed E-state index contributed by atoms with van der Waals surface area (Å²) >= 11 is 0. The van der Waals surface area contributed by atoms with Crippen LogP contribution < -0.4 is 9.79 Å². The van der Waals surface area contributed by atoms with Gasteiger partial charge in [0.2, 0.25) is 0 Å². The molecule has 0 aromatic rings. The Balaban J connectivity index is 4.82. The van der Waals surface area contributed by atoms with Crippen molar-refractivity contribution in [3.63, 3.8) is 0 Å². The van der Waals surface area contributed by atoms with Gasteiger partial charge >= 0.3 is 24.0 Å². The third-order valence-electron chi connectivity index (χ3n) is 0.641. The van der Waals surface area contributed by atoms with Crippen LogP contribution in [0.25, 0.3) is 0 Å². The summed E-state index contributed by atoms with van der Waals surface area (Å²) in [5.74, 6) is 0. The second-order valence-corrected chi connectivity index (χ2v) is 8.69. The molecule has 3 unspecified atom stereocenters. The van der Waals surface area contributed by atoms with Crippen molar-refractivity contribution in [3.8, 4) is 0 Å². The van der Waals surface area contributed by atoms with Crippen LogP contribution in [0.2, 0.25) is 0 Å². The van der Waals surface area contributed by atoms with E-state index in [1.165, 1.54) is 0 Å². The van der Waals surface area contributed by atoms with Gasteiger partial charge in [-0.3, -0.25) is 0 Å². The van der Waals surface area contributed by atoms with Gasteiger partial charge in [0.1, 0.15) is 0 Å². The van der Waals surface area contributed by atoms with Crippen molar-refractivity contribution in [2.45, 2.75) is 0 Å². The molecule has 13 nitrogen and oxygen atoms in total.